The molecule has 0 bridgehead atoms. The summed E-state index contributed by atoms with van der Waals surface area (Å²) < 4.78 is 0. The van der Waals surface area contributed by atoms with Crippen molar-refractivity contribution in [2.45, 2.75) is 46.0 Å². The van der Waals surface area contributed by atoms with Crippen molar-refractivity contribution in [1.82, 2.24) is 4.90 Å². The lowest BCUT2D eigenvalue weighted by atomic mass is 9.97. The number of carbonyl (C=O) groups excluding carboxylic acids is 2. The SMILES string of the molecule is CCCCc1ccc(N2C(=O)C(c3ccc([N+](=O)[O-])cc3)=C(N3CCCC(C)C3)C2=O)cc1. The maximum Gasteiger partial charge on any atom is 0.282 e. The molecule has 4 rings (SSSR count). The summed E-state index contributed by atoms with van der Waals surface area (Å²) in [5.74, 6) is -0.300. The van der Waals surface area contributed by atoms with Crippen LogP contribution in [0.1, 0.15) is 50.7 Å². The smallest absolute Gasteiger partial charge is 0.282 e. The van der Waals surface area contributed by atoms with Crippen molar-refractivity contribution in [1.29, 1.82) is 0 Å². The fraction of sp³-hybridized carbons (Fsp3) is 0.385. The van der Waals surface area contributed by atoms with Crippen molar-refractivity contribution in [2.24, 2.45) is 5.92 Å². The van der Waals surface area contributed by atoms with E-state index in [2.05, 4.69) is 13.8 Å². The number of piperidine rings is 1. The Morgan fingerprint density at radius 2 is 1.73 bits per heavy atom. The first-order valence-electron chi connectivity index (χ1n) is 11.6. The third-order valence-electron chi connectivity index (χ3n) is 6.41. The number of hydrogen-bond donors (Lipinski definition) is 0. The molecule has 1 saturated heterocycles. The number of likely N-dealkylation sites (tertiary alicyclic amines) is 1. The van der Waals surface area contributed by atoms with Crippen LogP contribution >= 0.6 is 0 Å². The van der Waals surface area contributed by atoms with Crippen LogP contribution in [0.25, 0.3) is 5.57 Å². The highest BCUT2D eigenvalue weighted by atomic mass is 16.6. The molecule has 2 heterocycles. The highest BCUT2D eigenvalue weighted by Crippen LogP contribution is 2.37. The van der Waals surface area contributed by atoms with Crippen LogP contribution in [0.2, 0.25) is 0 Å². The molecule has 2 amide bonds. The van der Waals surface area contributed by atoms with Gasteiger partial charge in [0.2, 0.25) is 0 Å². The molecule has 7 nitrogen and oxygen atoms in total. The predicted molar refractivity (Wildman–Crippen MR) is 128 cm³/mol. The van der Waals surface area contributed by atoms with Gasteiger partial charge in [0.1, 0.15) is 5.70 Å². The van der Waals surface area contributed by atoms with Crippen LogP contribution < -0.4 is 4.90 Å². The standard InChI is InChI=1S/C26H29N3O4/c1-3-4-7-19-8-12-21(13-9-19)28-25(30)23(20-10-14-22(15-11-20)29(32)33)24(26(28)31)27-16-5-6-18(2)17-27/h8-15,18H,3-7,16-17H2,1-2H3. The number of benzene rings is 2. The van der Waals surface area contributed by atoms with E-state index in [1.165, 1.54) is 22.6 Å². The zero-order valence-corrected chi connectivity index (χ0v) is 19.1. The van der Waals surface area contributed by atoms with Crippen molar-refractivity contribution in [3.05, 3.63) is 75.5 Å². The van der Waals surface area contributed by atoms with Crippen LogP contribution in [-0.2, 0) is 16.0 Å². The van der Waals surface area contributed by atoms with Gasteiger partial charge in [-0.3, -0.25) is 19.7 Å². The zero-order chi connectivity index (χ0) is 23.5. The van der Waals surface area contributed by atoms with Gasteiger partial charge in [0.15, 0.2) is 0 Å². The molecular formula is C26H29N3O4. The fourth-order valence-corrected chi connectivity index (χ4v) is 4.64. The third kappa shape index (κ3) is 4.53. The largest absolute Gasteiger partial charge is 0.366 e. The van der Waals surface area contributed by atoms with Gasteiger partial charge in [-0.1, -0.05) is 32.4 Å². The van der Waals surface area contributed by atoms with Crippen molar-refractivity contribution < 1.29 is 14.5 Å². The summed E-state index contributed by atoms with van der Waals surface area (Å²) in [6.45, 7) is 5.70. The first-order chi connectivity index (χ1) is 15.9. The molecule has 2 aliphatic rings. The fourth-order valence-electron chi connectivity index (χ4n) is 4.64. The van der Waals surface area contributed by atoms with Crippen LogP contribution in [0.3, 0.4) is 0 Å². The van der Waals surface area contributed by atoms with E-state index in [1.807, 2.05) is 29.2 Å². The number of carbonyl (C=O) groups is 2. The molecule has 0 spiro atoms. The van der Waals surface area contributed by atoms with Gasteiger partial charge in [0.25, 0.3) is 17.5 Å². The van der Waals surface area contributed by atoms with Gasteiger partial charge in [0.05, 0.1) is 16.2 Å². The first kappa shape index (κ1) is 22.7. The monoisotopic (exact) mass is 447 g/mol. The van der Waals surface area contributed by atoms with E-state index in [-0.39, 0.29) is 17.5 Å². The molecule has 172 valence electrons. The van der Waals surface area contributed by atoms with Crippen LogP contribution in [0.5, 0.6) is 0 Å². The molecule has 1 atom stereocenters. The topological polar surface area (TPSA) is 83.8 Å². The number of amides is 2. The maximum absolute atomic E-state index is 13.6. The summed E-state index contributed by atoms with van der Waals surface area (Å²) in [6, 6.07) is 13.5. The number of non-ortho nitro benzene ring substituents is 1. The minimum atomic E-state index is -0.473. The lowest BCUT2D eigenvalue weighted by Gasteiger charge is -2.33. The van der Waals surface area contributed by atoms with Gasteiger partial charge in [-0.2, -0.15) is 0 Å². The molecule has 0 radical (unpaired) electrons. The Bertz CT molecular complexity index is 1090. The molecule has 1 fully saturated rings. The Hall–Kier alpha value is -3.48. The second-order valence-electron chi connectivity index (χ2n) is 8.94. The van der Waals surface area contributed by atoms with E-state index >= 15 is 0 Å². The van der Waals surface area contributed by atoms with E-state index in [9.17, 15) is 19.7 Å². The summed E-state index contributed by atoms with van der Waals surface area (Å²) in [7, 11) is 0. The molecule has 33 heavy (non-hydrogen) atoms. The maximum atomic E-state index is 13.6. The van der Waals surface area contributed by atoms with Crippen molar-refractivity contribution in [3.63, 3.8) is 0 Å². The molecule has 7 heteroatoms. The first-order valence-corrected chi connectivity index (χ1v) is 11.6. The molecule has 0 aromatic heterocycles. The van der Waals surface area contributed by atoms with Crippen LogP contribution in [0.15, 0.2) is 54.2 Å². The summed E-state index contributed by atoms with van der Waals surface area (Å²) in [4.78, 5) is 41.1. The van der Waals surface area contributed by atoms with E-state index in [0.717, 1.165) is 32.1 Å². The number of anilines is 1. The third-order valence-corrected chi connectivity index (χ3v) is 6.41. The Labute approximate surface area is 193 Å². The number of aryl methyl sites for hydroxylation is 1. The molecule has 0 N–H and O–H groups in total. The van der Waals surface area contributed by atoms with E-state index < -0.39 is 4.92 Å². The number of imide groups is 1. The van der Waals surface area contributed by atoms with Gasteiger partial charge >= 0.3 is 0 Å². The minimum absolute atomic E-state index is 0.0520. The van der Waals surface area contributed by atoms with Crippen molar-refractivity contribution >= 4 is 28.8 Å². The molecule has 2 aromatic rings. The molecule has 2 aliphatic heterocycles. The molecule has 0 saturated carbocycles. The highest BCUT2D eigenvalue weighted by molar-refractivity contribution is 6.45. The Morgan fingerprint density at radius 1 is 1.03 bits per heavy atom. The number of nitrogens with zero attached hydrogens (tertiary/aromatic N) is 3. The summed E-state index contributed by atoms with van der Waals surface area (Å²) in [5, 5.41) is 11.1. The van der Waals surface area contributed by atoms with Crippen LogP contribution in [-0.4, -0.2) is 34.7 Å². The van der Waals surface area contributed by atoms with E-state index in [4.69, 9.17) is 0 Å². The average molecular weight is 448 g/mol. The van der Waals surface area contributed by atoms with Gasteiger partial charge in [-0.15, -0.1) is 0 Å². The number of unbranched alkanes of at least 4 members (excludes halogenated alkanes) is 1. The Kier molecular flexibility index (Phi) is 6.58. The number of nitro benzene ring substituents is 1. The van der Waals surface area contributed by atoms with Gasteiger partial charge < -0.3 is 4.90 Å². The molecule has 2 aromatic carbocycles. The Morgan fingerprint density at radius 3 is 2.33 bits per heavy atom. The normalized spacial score (nSPS) is 18.9. The minimum Gasteiger partial charge on any atom is -0.366 e. The van der Waals surface area contributed by atoms with Gasteiger partial charge in [-0.25, -0.2) is 4.90 Å². The van der Waals surface area contributed by atoms with E-state index in [0.29, 0.717) is 41.5 Å². The summed E-state index contributed by atoms with van der Waals surface area (Å²) >= 11 is 0. The van der Waals surface area contributed by atoms with Crippen molar-refractivity contribution in [3.8, 4) is 0 Å². The van der Waals surface area contributed by atoms with Gasteiger partial charge in [-0.05, 0) is 67.0 Å². The van der Waals surface area contributed by atoms with Gasteiger partial charge in [0, 0.05) is 25.2 Å². The van der Waals surface area contributed by atoms with Crippen LogP contribution in [0.4, 0.5) is 11.4 Å². The number of hydrogen-bond acceptors (Lipinski definition) is 5. The second kappa shape index (κ2) is 9.57. The second-order valence-corrected chi connectivity index (χ2v) is 8.94. The van der Waals surface area contributed by atoms with Crippen molar-refractivity contribution in [2.75, 3.05) is 18.0 Å². The predicted octanol–water partition coefficient (Wildman–Crippen LogP) is 4.95. The lowest BCUT2D eigenvalue weighted by Crippen LogP contribution is -2.39. The quantitative estimate of drug-likeness (QED) is 0.341. The summed E-state index contributed by atoms with van der Waals surface area (Å²) in [6.07, 6.45) is 5.18. The molecule has 0 aliphatic carbocycles. The van der Waals surface area contributed by atoms with E-state index in [1.54, 1.807) is 12.1 Å². The van der Waals surface area contributed by atoms with Crippen LogP contribution in [0, 0.1) is 16.0 Å². The number of nitro groups is 1. The average Bonchev–Trinajstić information content (AvgIpc) is 3.08. The Balaban J connectivity index is 1.73. The number of rotatable bonds is 7. The molecular weight excluding hydrogens is 418 g/mol. The summed E-state index contributed by atoms with van der Waals surface area (Å²) in [5.41, 5.74) is 2.91. The molecule has 1 unspecified atom stereocenters. The highest BCUT2D eigenvalue weighted by Gasteiger charge is 2.43. The zero-order valence-electron chi connectivity index (χ0n) is 19.1. The lowest BCUT2D eigenvalue weighted by molar-refractivity contribution is -0.384.